The quantitative estimate of drug-likeness (QED) is 0.476. The second-order valence-corrected chi connectivity index (χ2v) is 5.85. The molecule has 3 heterocycles. The Morgan fingerprint density at radius 3 is 2.68 bits per heavy atom. The van der Waals surface area contributed by atoms with Gasteiger partial charge in [-0.05, 0) is 18.2 Å². The van der Waals surface area contributed by atoms with Gasteiger partial charge in [0.1, 0.15) is 5.82 Å². The van der Waals surface area contributed by atoms with Crippen molar-refractivity contribution in [2.24, 2.45) is 0 Å². The summed E-state index contributed by atoms with van der Waals surface area (Å²) in [4.78, 5) is 12.2. The fourth-order valence-electron chi connectivity index (χ4n) is 2.52. The number of benzene rings is 1. The van der Waals surface area contributed by atoms with Crippen molar-refractivity contribution in [3.05, 3.63) is 72.7 Å². The van der Waals surface area contributed by atoms with Crippen LogP contribution in [0.3, 0.4) is 0 Å². The van der Waals surface area contributed by atoms with Crippen LogP contribution in [0.4, 0.5) is 5.82 Å². The van der Waals surface area contributed by atoms with Crippen molar-refractivity contribution in [3.8, 4) is 17.1 Å². The Morgan fingerprint density at radius 2 is 1.93 bits per heavy atom. The first-order chi connectivity index (χ1) is 13.8. The van der Waals surface area contributed by atoms with E-state index in [-0.39, 0.29) is 11.6 Å². The number of nitrogens with zero attached hydrogens (tertiary/aromatic N) is 5. The summed E-state index contributed by atoms with van der Waals surface area (Å²) < 4.78 is 6.86. The lowest BCUT2D eigenvalue weighted by molar-refractivity contribution is 0.0946. The van der Waals surface area contributed by atoms with Crippen LogP contribution < -0.4 is 10.6 Å². The van der Waals surface area contributed by atoms with Gasteiger partial charge in [0.05, 0.1) is 0 Å². The molecule has 140 valence electrons. The van der Waals surface area contributed by atoms with Crippen LogP contribution in [-0.4, -0.2) is 44.1 Å². The minimum atomic E-state index is -0.298. The van der Waals surface area contributed by atoms with E-state index in [2.05, 4.69) is 31.1 Å². The van der Waals surface area contributed by atoms with Gasteiger partial charge in [-0.15, -0.1) is 10.2 Å². The largest absolute Gasteiger partial charge is 0.367 e. The average Bonchev–Trinajstić information content (AvgIpc) is 3.45. The Hall–Kier alpha value is -4.01. The molecule has 0 radical (unpaired) electrons. The SMILES string of the molecule is O=C(NCCNc1ccc(-n2cccn2)nn1)c1cc(-c2ccccc2)on1. The molecule has 1 amide bonds. The summed E-state index contributed by atoms with van der Waals surface area (Å²) in [6.45, 7) is 0.889. The van der Waals surface area contributed by atoms with Crippen molar-refractivity contribution in [1.29, 1.82) is 0 Å². The zero-order valence-corrected chi connectivity index (χ0v) is 14.8. The zero-order chi connectivity index (χ0) is 19.2. The first-order valence-electron chi connectivity index (χ1n) is 8.67. The van der Waals surface area contributed by atoms with Gasteiger partial charge in [0.2, 0.25) is 0 Å². The Balaban J connectivity index is 1.25. The molecule has 0 aliphatic heterocycles. The number of carbonyl (C=O) groups excluding carboxylic acids is 1. The topological polar surface area (TPSA) is 111 Å². The molecule has 0 fully saturated rings. The van der Waals surface area contributed by atoms with Crippen molar-refractivity contribution in [1.82, 2.24) is 30.5 Å². The molecular weight excluding hydrogens is 358 g/mol. The van der Waals surface area contributed by atoms with Crippen LogP contribution >= 0.6 is 0 Å². The maximum Gasteiger partial charge on any atom is 0.273 e. The molecule has 0 saturated heterocycles. The van der Waals surface area contributed by atoms with Crippen LogP contribution in [-0.2, 0) is 0 Å². The van der Waals surface area contributed by atoms with Crippen molar-refractivity contribution >= 4 is 11.7 Å². The van der Waals surface area contributed by atoms with Gasteiger partial charge in [0.25, 0.3) is 5.91 Å². The van der Waals surface area contributed by atoms with Crippen molar-refractivity contribution in [3.63, 3.8) is 0 Å². The van der Waals surface area contributed by atoms with E-state index in [0.29, 0.717) is 30.5 Å². The molecule has 0 aliphatic rings. The van der Waals surface area contributed by atoms with Crippen LogP contribution in [0.2, 0.25) is 0 Å². The summed E-state index contributed by atoms with van der Waals surface area (Å²) in [5, 5.41) is 22.0. The fraction of sp³-hybridized carbons (Fsp3) is 0.105. The molecular formula is C19H17N7O2. The van der Waals surface area contributed by atoms with E-state index in [9.17, 15) is 4.79 Å². The summed E-state index contributed by atoms with van der Waals surface area (Å²) in [5.41, 5.74) is 1.11. The van der Waals surface area contributed by atoms with Gasteiger partial charge in [-0.1, -0.05) is 35.5 Å². The minimum Gasteiger partial charge on any atom is -0.367 e. The molecule has 0 unspecified atom stereocenters. The van der Waals surface area contributed by atoms with Gasteiger partial charge < -0.3 is 15.2 Å². The fourth-order valence-corrected chi connectivity index (χ4v) is 2.52. The van der Waals surface area contributed by atoms with Gasteiger partial charge in [-0.3, -0.25) is 4.79 Å². The van der Waals surface area contributed by atoms with Crippen LogP contribution in [0, 0.1) is 0 Å². The van der Waals surface area contributed by atoms with Gasteiger partial charge in [0, 0.05) is 37.1 Å². The summed E-state index contributed by atoms with van der Waals surface area (Å²) >= 11 is 0. The van der Waals surface area contributed by atoms with E-state index in [4.69, 9.17) is 4.52 Å². The monoisotopic (exact) mass is 375 g/mol. The molecule has 4 aromatic rings. The zero-order valence-electron chi connectivity index (χ0n) is 14.8. The minimum absolute atomic E-state index is 0.238. The Labute approximate surface area is 160 Å². The summed E-state index contributed by atoms with van der Waals surface area (Å²) in [5.74, 6) is 1.49. The third-order valence-corrected chi connectivity index (χ3v) is 3.91. The van der Waals surface area contributed by atoms with Gasteiger partial charge >= 0.3 is 0 Å². The highest BCUT2D eigenvalue weighted by molar-refractivity contribution is 5.93. The van der Waals surface area contributed by atoms with Crippen LogP contribution in [0.25, 0.3) is 17.1 Å². The number of anilines is 1. The maximum atomic E-state index is 12.2. The average molecular weight is 375 g/mol. The lowest BCUT2D eigenvalue weighted by Crippen LogP contribution is -2.29. The predicted octanol–water partition coefficient (Wildman–Crippen LogP) is 2.16. The second-order valence-electron chi connectivity index (χ2n) is 5.85. The molecule has 0 saturated carbocycles. The van der Waals surface area contributed by atoms with Crippen molar-refractivity contribution in [2.45, 2.75) is 0 Å². The van der Waals surface area contributed by atoms with Gasteiger partial charge in [0.15, 0.2) is 17.3 Å². The number of amides is 1. The highest BCUT2D eigenvalue weighted by Crippen LogP contribution is 2.19. The first-order valence-corrected chi connectivity index (χ1v) is 8.67. The molecule has 28 heavy (non-hydrogen) atoms. The lowest BCUT2D eigenvalue weighted by atomic mass is 10.1. The molecule has 0 bridgehead atoms. The van der Waals surface area contributed by atoms with E-state index in [1.54, 1.807) is 35.3 Å². The van der Waals surface area contributed by atoms with Crippen molar-refractivity contribution < 1.29 is 9.32 Å². The summed E-state index contributed by atoms with van der Waals surface area (Å²) in [6.07, 6.45) is 3.47. The number of aromatic nitrogens is 5. The number of hydrogen-bond donors (Lipinski definition) is 2. The number of nitrogens with one attached hydrogen (secondary N) is 2. The number of hydrogen-bond acceptors (Lipinski definition) is 7. The summed E-state index contributed by atoms with van der Waals surface area (Å²) in [7, 11) is 0. The molecule has 3 aromatic heterocycles. The van der Waals surface area contributed by atoms with Gasteiger partial charge in [-0.2, -0.15) is 5.10 Å². The van der Waals surface area contributed by atoms with Crippen molar-refractivity contribution in [2.75, 3.05) is 18.4 Å². The molecule has 1 aromatic carbocycles. The smallest absolute Gasteiger partial charge is 0.273 e. The lowest BCUT2D eigenvalue weighted by Gasteiger charge is -2.06. The second kappa shape index (κ2) is 8.12. The van der Waals surface area contributed by atoms with E-state index >= 15 is 0 Å². The number of carbonyl (C=O) groups is 1. The standard InChI is InChI=1S/C19H17N7O2/c27-19(15-13-16(28-25-15)14-5-2-1-3-6-14)21-11-10-20-17-7-8-18(24-23-17)26-12-4-9-22-26/h1-9,12-13H,10-11H2,(H,20,23)(H,21,27). The molecule has 4 rings (SSSR count). The molecule has 9 heteroatoms. The molecule has 9 nitrogen and oxygen atoms in total. The Morgan fingerprint density at radius 1 is 1.04 bits per heavy atom. The van der Waals surface area contributed by atoms with Gasteiger partial charge in [-0.25, -0.2) is 4.68 Å². The Bertz CT molecular complexity index is 1030. The summed E-state index contributed by atoms with van der Waals surface area (Å²) in [6, 6.07) is 16.5. The van der Waals surface area contributed by atoms with Crippen LogP contribution in [0.15, 0.2) is 71.5 Å². The molecule has 2 N–H and O–H groups in total. The highest BCUT2D eigenvalue weighted by atomic mass is 16.5. The van der Waals surface area contributed by atoms with Crippen LogP contribution in [0.1, 0.15) is 10.5 Å². The van der Waals surface area contributed by atoms with E-state index in [1.807, 2.05) is 36.4 Å². The molecule has 0 aliphatic carbocycles. The normalized spacial score (nSPS) is 10.6. The molecule has 0 spiro atoms. The van der Waals surface area contributed by atoms with E-state index in [1.165, 1.54) is 0 Å². The first kappa shape index (κ1) is 17.4. The predicted molar refractivity (Wildman–Crippen MR) is 102 cm³/mol. The maximum absolute atomic E-state index is 12.2. The third-order valence-electron chi connectivity index (χ3n) is 3.91. The van der Waals surface area contributed by atoms with Crippen LogP contribution in [0.5, 0.6) is 0 Å². The molecule has 0 atom stereocenters. The highest BCUT2D eigenvalue weighted by Gasteiger charge is 2.13. The Kier molecular flexibility index (Phi) is 5.05. The number of rotatable bonds is 7. The van der Waals surface area contributed by atoms with E-state index in [0.717, 1.165) is 5.56 Å². The van der Waals surface area contributed by atoms with E-state index < -0.39 is 0 Å². The third kappa shape index (κ3) is 4.04.